The molecule has 0 atom stereocenters. The molecule has 6 heteroatoms. The molecule has 19 heavy (non-hydrogen) atoms. The van der Waals surface area contributed by atoms with Gasteiger partial charge in [-0.15, -0.1) is 0 Å². The molecular weight excluding hydrogens is 242 g/mol. The lowest BCUT2D eigenvalue weighted by atomic mass is 10.2. The summed E-state index contributed by atoms with van der Waals surface area (Å²) in [6.07, 6.45) is 4.80. The fraction of sp³-hybridized carbons (Fsp3) is 0.615. The van der Waals surface area contributed by atoms with Crippen LogP contribution in [0.1, 0.15) is 31.4 Å². The first kappa shape index (κ1) is 12.2. The fourth-order valence-electron chi connectivity index (χ4n) is 2.84. The second-order valence-corrected chi connectivity index (χ2v) is 5.33. The molecule has 6 nitrogen and oxygen atoms in total. The van der Waals surface area contributed by atoms with Crippen molar-refractivity contribution in [1.29, 1.82) is 0 Å². The Hall–Kier alpha value is -1.85. The van der Waals surface area contributed by atoms with E-state index in [1.165, 1.54) is 12.8 Å². The van der Waals surface area contributed by atoms with Gasteiger partial charge in [0.2, 0.25) is 5.95 Å². The zero-order chi connectivity index (χ0) is 13.6. The van der Waals surface area contributed by atoms with E-state index in [1.54, 1.807) is 23.3 Å². The van der Waals surface area contributed by atoms with Crippen molar-refractivity contribution in [2.75, 3.05) is 5.32 Å². The Kier molecular flexibility index (Phi) is 2.80. The van der Waals surface area contributed by atoms with Crippen molar-refractivity contribution in [3.63, 3.8) is 0 Å². The van der Waals surface area contributed by atoms with Crippen LogP contribution in [0.2, 0.25) is 0 Å². The van der Waals surface area contributed by atoms with Crippen LogP contribution in [-0.4, -0.2) is 25.4 Å². The molecule has 0 spiro atoms. The minimum absolute atomic E-state index is 0.0476. The van der Waals surface area contributed by atoms with E-state index in [-0.39, 0.29) is 5.56 Å². The standard InChI is InChI=1S/C13H19N5O/c1-8-10-11(18(3)16-8)12(19)17(2)13(15-10)14-9-6-4-5-7-9/h9H,4-7H2,1-3H3,(H,14,15). The third-order valence-electron chi connectivity index (χ3n) is 3.92. The van der Waals surface area contributed by atoms with Gasteiger partial charge in [0, 0.05) is 20.1 Å². The summed E-state index contributed by atoms with van der Waals surface area (Å²) in [5, 5.41) is 7.67. The van der Waals surface area contributed by atoms with Crippen molar-refractivity contribution in [3.8, 4) is 0 Å². The molecule has 1 fully saturated rings. The van der Waals surface area contributed by atoms with E-state index in [0.29, 0.717) is 23.0 Å². The maximum absolute atomic E-state index is 12.4. The van der Waals surface area contributed by atoms with Crippen LogP contribution in [0.5, 0.6) is 0 Å². The molecule has 2 aromatic heterocycles. The van der Waals surface area contributed by atoms with E-state index in [4.69, 9.17) is 0 Å². The van der Waals surface area contributed by atoms with E-state index in [2.05, 4.69) is 15.4 Å². The number of nitrogens with one attached hydrogen (secondary N) is 1. The van der Waals surface area contributed by atoms with E-state index >= 15 is 0 Å². The SMILES string of the molecule is Cc1nn(C)c2c(=O)n(C)c(NC3CCCC3)nc12. The van der Waals surface area contributed by atoms with Gasteiger partial charge in [0.15, 0.2) is 5.52 Å². The van der Waals surface area contributed by atoms with Gasteiger partial charge in [0.05, 0.1) is 5.69 Å². The minimum Gasteiger partial charge on any atom is -0.353 e. The molecule has 1 aliphatic rings. The molecular formula is C13H19N5O. The molecule has 0 saturated heterocycles. The summed E-state index contributed by atoms with van der Waals surface area (Å²) in [5.41, 5.74) is 2.02. The van der Waals surface area contributed by atoms with Crippen LogP contribution in [-0.2, 0) is 14.1 Å². The Morgan fingerprint density at radius 1 is 1.26 bits per heavy atom. The van der Waals surface area contributed by atoms with Crippen molar-refractivity contribution in [3.05, 3.63) is 16.0 Å². The number of aromatic nitrogens is 4. The van der Waals surface area contributed by atoms with Crippen LogP contribution in [0, 0.1) is 6.92 Å². The van der Waals surface area contributed by atoms with Gasteiger partial charge in [0.1, 0.15) is 5.52 Å². The third-order valence-corrected chi connectivity index (χ3v) is 3.92. The van der Waals surface area contributed by atoms with Gasteiger partial charge in [-0.05, 0) is 19.8 Å². The quantitative estimate of drug-likeness (QED) is 0.885. The highest BCUT2D eigenvalue weighted by Gasteiger charge is 2.19. The maximum atomic E-state index is 12.4. The maximum Gasteiger partial charge on any atom is 0.280 e. The topological polar surface area (TPSA) is 64.7 Å². The van der Waals surface area contributed by atoms with E-state index < -0.39 is 0 Å². The molecule has 0 amide bonds. The molecule has 0 unspecified atom stereocenters. The van der Waals surface area contributed by atoms with Crippen LogP contribution in [0.3, 0.4) is 0 Å². The van der Waals surface area contributed by atoms with Gasteiger partial charge in [-0.25, -0.2) is 4.98 Å². The molecule has 102 valence electrons. The van der Waals surface area contributed by atoms with Crippen LogP contribution in [0.4, 0.5) is 5.95 Å². The van der Waals surface area contributed by atoms with Crippen molar-refractivity contribution in [2.45, 2.75) is 38.6 Å². The number of rotatable bonds is 2. The van der Waals surface area contributed by atoms with Crippen LogP contribution < -0.4 is 10.9 Å². The zero-order valence-corrected chi connectivity index (χ0v) is 11.6. The molecule has 3 rings (SSSR count). The first-order valence-electron chi connectivity index (χ1n) is 6.75. The van der Waals surface area contributed by atoms with E-state index in [1.807, 2.05) is 6.92 Å². The van der Waals surface area contributed by atoms with E-state index in [0.717, 1.165) is 18.5 Å². The van der Waals surface area contributed by atoms with E-state index in [9.17, 15) is 4.79 Å². The van der Waals surface area contributed by atoms with Crippen LogP contribution >= 0.6 is 0 Å². The summed E-state index contributed by atoms with van der Waals surface area (Å²) in [4.78, 5) is 17.0. The van der Waals surface area contributed by atoms with Crippen molar-refractivity contribution in [1.82, 2.24) is 19.3 Å². The first-order chi connectivity index (χ1) is 9.08. The highest BCUT2D eigenvalue weighted by Crippen LogP contribution is 2.22. The van der Waals surface area contributed by atoms with Gasteiger partial charge in [-0.2, -0.15) is 5.10 Å². The molecule has 1 N–H and O–H groups in total. The number of anilines is 1. The zero-order valence-electron chi connectivity index (χ0n) is 11.6. The van der Waals surface area contributed by atoms with Gasteiger partial charge < -0.3 is 5.32 Å². The average Bonchev–Trinajstić information content (AvgIpc) is 2.95. The Bertz CT molecular complexity index is 678. The number of nitrogens with zero attached hydrogens (tertiary/aromatic N) is 4. The molecule has 0 radical (unpaired) electrons. The predicted molar refractivity (Wildman–Crippen MR) is 74.4 cm³/mol. The lowest BCUT2D eigenvalue weighted by molar-refractivity contribution is 0.717. The predicted octanol–water partition coefficient (Wildman–Crippen LogP) is 1.33. The molecule has 0 aliphatic heterocycles. The third kappa shape index (κ3) is 1.91. The van der Waals surface area contributed by atoms with Gasteiger partial charge in [-0.3, -0.25) is 14.0 Å². The second kappa shape index (κ2) is 4.36. The lowest BCUT2D eigenvalue weighted by Crippen LogP contribution is -2.27. The summed E-state index contributed by atoms with van der Waals surface area (Å²) in [5.74, 6) is 0.653. The summed E-state index contributed by atoms with van der Waals surface area (Å²) in [6.45, 7) is 1.88. The molecule has 2 aromatic rings. The Morgan fingerprint density at radius 3 is 2.63 bits per heavy atom. The van der Waals surface area contributed by atoms with Crippen molar-refractivity contribution >= 4 is 17.0 Å². The second-order valence-electron chi connectivity index (χ2n) is 5.33. The van der Waals surface area contributed by atoms with Gasteiger partial charge in [-0.1, -0.05) is 12.8 Å². The first-order valence-corrected chi connectivity index (χ1v) is 6.75. The van der Waals surface area contributed by atoms with Crippen molar-refractivity contribution in [2.24, 2.45) is 14.1 Å². The van der Waals surface area contributed by atoms with Gasteiger partial charge in [0.25, 0.3) is 5.56 Å². The number of hydrogen-bond acceptors (Lipinski definition) is 4. The summed E-state index contributed by atoms with van der Waals surface area (Å²) >= 11 is 0. The van der Waals surface area contributed by atoms with Crippen molar-refractivity contribution < 1.29 is 0 Å². The Morgan fingerprint density at radius 2 is 1.95 bits per heavy atom. The number of hydrogen-bond donors (Lipinski definition) is 1. The number of fused-ring (bicyclic) bond motifs is 1. The highest BCUT2D eigenvalue weighted by atomic mass is 16.1. The molecule has 1 saturated carbocycles. The summed E-state index contributed by atoms with van der Waals surface area (Å²) in [6, 6.07) is 0.438. The van der Waals surface area contributed by atoms with Crippen LogP contribution in [0.25, 0.3) is 11.0 Å². The Labute approximate surface area is 111 Å². The smallest absolute Gasteiger partial charge is 0.280 e. The molecule has 2 heterocycles. The molecule has 0 bridgehead atoms. The fourth-order valence-corrected chi connectivity index (χ4v) is 2.84. The molecule has 1 aliphatic carbocycles. The Balaban J connectivity index is 2.12. The normalized spacial score (nSPS) is 16.4. The molecule has 0 aromatic carbocycles. The monoisotopic (exact) mass is 261 g/mol. The summed E-state index contributed by atoms with van der Waals surface area (Å²) < 4.78 is 3.20. The summed E-state index contributed by atoms with van der Waals surface area (Å²) in [7, 11) is 3.54. The minimum atomic E-state index is -0.0476. The lowest BCUT2D eigenvalue weighted by Gasteiger charge is -2.15. The van der Waals surface area contributed by atoms with Gasteiger partial charge >= 0.3 is 0 Å². The van der Waals surface area contributed by atoms with Crippen LogP contribution in [0.15, 0.2) is 4.79 Å². The average molecular weight is 261 g/mol. The highest BCUT2D eigenvalue weighted by molar-refractivity contribution is 5.77. The number of aryl methyl sites for hydroxylation is 2. The largest absolute Gasteiger partial charge is 0.353 e.